The first-order valence-electron chi connectivity index (χ1n) is 7.30. The molecule has 0 aliphatic heterocycles. The quantitative estimate of drug-likeness (QED) is 0.859. The summed E-state index contributed by atoms with van der Waals surface area (Å²) in [5.74, 6) is 0.487. The molecule has 1 unspecified atom stereocenters. The number of rotatable bonds is 5. The van der Waals surface area contributed by atoms with E-state index in [2.05, 4.69) is 10.3 Å². The molecule has 1 heterocycles. The van der Waals surface area contributed by atoms with Gasteiger partial charge in [0.25, 0.3) is 0 Å². The van der Waals surface area contributed by atoms with Gasteiger partial charge < -0.3 is 15.8 Å². The Labute approximate surface area is 119 Å². The molecule has 20 heavy (non-hydrogen) atoms. The minimum Gasteiger partial charge on any atom is -0.474 e. The highest BCUT2D eigenvalue weighted by atomic mass is 16.5. The number of nitrogens with zero attached hydrogens (tertiary/aromatic N) is 1. The summed E-state index contributed by atoms with van der Waals surface area (Å²) in [7, 11) is 0. The molecule has 0 aromatic carbocycles. The SMILES string of the molecule is CC(N)C(=O)NCc1ccnc(OC2CCCCC2)c1. The molecule has 2 rings (SSSR count). The van der Waals surface area contributed by atoms with Crippen LogP contribution in [-0.2, 0) is 11.3 Å². The van der Waals surface area contributed by atoms with Gasteiger partial charge in [-0.25, -0.2) is 4.98 Å². The Balaban J connectivity index is 1.88. The topological polar surface area (TPSA) is 77.2 Å². The number of amides is 1. The Kier molecular flexibility index (Phi) is 5.35. The van der Waals surface area contributed by atoms with E-state index in [4.69, 9.17) is 10.5 Å². The van der Waals surface area contributed by atoms with Crippen LogP contribution in [0.3, 0.4) is 0 Å². The van der Waals surface area contributed by atoms with Crippen molar-refractivity contribution in [2.24, 2.45) is 5.73 Å². The number of carbonyl (C=O) groups is 1. The van der Waals surface area contributed by atoms with Gasteiger partial charge in [0.15, 0.2) is 0 Å². The molecule has 1 aromatic heterocycles. The standard InChI is InChI=1S/C15H23N3O2/c1-11(16)15(19)18-10-12-7-8-17-14(9-12)20-13-5-3-2-4-6-13/h7-9,11,13H,2-6,10,16H2,1H3,(H,18,19). The molecular formula is C15H23N3O2. The van der Waals surface area contributed by atoms with Gasteiger partial charge in [0, 0.05) is 18.8 Å². The maximum absolute atomic E-state index is 11.4. The highest BCUT2D eigenvalue weighted by Crippen LogP contribution is 2.22. The molecular weight excluding hydrogens is 254 g/mol. The van der Waals surface area contributed by atoms with E-state index in [0.717, 1.165) is 18.4 Å². The average Bonchev–Trinajstić information content (AvgIpc) is 2.46. The van der Waals surface area contributed by atoms with Gasteiger partial charge in [0.1, 0.15) is 6.10 Å². The van der Waals surface area contributed by atoms with Crippen molar-refractivity contribution in [3.05, 3.63) is 23.9 Å². The van der Waals surface area contributed by atoms with Crippen molar-refractivity contribution in [3.8, 4) is 5.88 Å². The van der Waals surface area contributed by atoms with Crippen molar-refractivity contribution in [3.63, 3.8) is 0 Å². The number of aromatic nitrogens is 1. The summed E-state index contributed by atoms with van der Waals surface area (Å²) in [6.07, 6.45) is 7.97. The maximum Gasteiger partial charge on any atom is 0.236 e. The van der Waals surface area contributed by atoms with E-state index < -0.39 is 6.04 Å². The Bertz CT molecular complexity index is 442. The number of hydrogen-bond donors (Lipinski definition) is 2. The third-order valence-electron chi connectivity index (χ3n) is 3.52. The zero-order valence-electron chi connectivity index (χ0n) is 12.0. The third-order valence-corrected chi connectivity index (χ3v) is 3.52. The summed E-state index contributed by atoms with van der Waals surface area (Å²) in [4.78, 5) is 15.7. The van der Waals surface area contributed by atoms with Crippen molar-refractivity contribution in [2.45, 2.75) is 57.7 Å². The van der Waals surface area contributed by atoms with Gasteiger partial charge in [-0.1, -0.05) is 6.42 Å². The predicted octanol–water partition coefficient (Wildman–Crippen LogP) is 1.76. The molecule has 5 nitrogen and oxygen atoms in total. The van der Waals surface area contributed by atoms with Gasteiger partial charge in [0.05, 0.1) is 6.04 Å². The average molecular weight is 277 g/mol. The second kappa shape index (κ2) is 7.24. The number of carbonyl (C=O) groups excluding carboxylic acids is 1. The fourth-order valence-corrected chi connectivity index (χ4v) is 2.33. The van der Waals surface area contributed by atoms with Crippen LogP contribution < -0.4 is 15.8 Å². The lowest BCUT2D eigenvalue weighted by atomic mass is 9.98. The van der Waals surface area contributed by atoms with Crippen molar-refractivity contribution in [1.29, 1.82) is 0 Å². The van der Waals surface area contributed by atoms with Crippen LogP contribution in [0, 0.1) is 0 Å². The first-order chi connectivity index (χ1) is 9.65. The van der Waals surface area contributed by atoms with E-state index in [1.165, 1.54) is 19.3 Å². The molecule has 110 valence electrons. The molecule has 1 amide bonds. The maximum atomic E-state index is 11.4. The van der Waals surface area contributed by atoms with E-state index in [1.54, 1.807) is 13.1 Å². The number of pyridine rings is 1. The molecule has 1 aromatic rings. The summed E-state index contributed by atoms with van der Waals surface area (Å²) in [5, 5.41) is 2.78. The van der Waals surface area contributed by atoms with Crippen LogP contribution in [-0.4, -0.2) is 23.0 Å². The fraction of sp³-hybridized carbons (Fsp3) is 0.600. The number of hydrogen-bond acceptors (Lipinski definition) is 4. The second-order valence-electron chi connectivity index (χ2n) is 5.39. The second-order valence-corrected chi connectivity index (χ2v) is 5.39. The third kappa shape index (κ3) is 4.49. The van der Waals surface area contributed by atoms with Gasteiger partial charge in [-0.2, -0.15) is 0 Å². The summed E-state index contributed by atoms with van der Waals surface area (Å²) in [6, 6.07) is 3.26. The van der Waals surface area contributed by atoms with E-state index in [9.17, 15) is 4.79 Å². The van der Waals surface area contributed by atoms with Crippen LogP contribution in [0.5, 0.6) is 5.88 Å². The molecule has 1 aliphatic carbocycles. The lowest BCUT2D eigenvalue weighted by molar-refractivity contribution is -0.122. The van der Waals surface area contributed by atoms with Crippen LogP contribution in [0.25, 0.3) is 0 Å². The molecule has 3 N–H and O–H groups in total. The zero-order chi connectivity index (χ0) is 14.4. The van der Waals surface area contributed by atoms with Crippen molar-refractivity contribution >= 4 is 5.91 Å². The molecule has 0 spiro atoms. The summed E-state index contributed by atoms with van der Waals surface area (Å²) >= 11 is 0. The summed E-state index contributed by atoms with van der Waals surface area (Å²) < 4.78 is 5.90. The van der Waals surface area contributed by atoms with Crippen LogP contribution >= 0.6 is 0 Å². The van der Waals surface area contributed by atoms with Crippen LogP contribution in [0.1, 0.15) is 44.6 Å². The van der Waals surface area contributed by atoms with E-state index in [1.807, 2.05) is 12.1 Å². The first-order valence-corrected chi connectivity index (χ1v) is 7.30. The normalized spacial score (nSPS) is 17.5. The smallest absolute Gasteiger partial charge is 0.236 e. The number of nitrogens with one attached hydrogen (secondary N) is 1. The van der Waals surface area contributed by atoms with E-state index >= 15 is 0 Å². The van der Waals surface area contributed by atoms with Gasteiger partial charge in [0.2, 0.25) is 11.8 Å². The lowest BCUT2D eigenvalue weighted by Gasteiger charge is -2.22. The van der Waals surface area contributed by atoms with Gasteiger partial charge in [-0.15, -0.1) is 0 Å². The van der Waals surface area contributed by atoms with Crippen LogP contribution in [0.15, 0.2) is 18.3 Å². The van der Waals surface area contributed by atoms with Crippen molar-refractivity contribution < 1.29 is 9.53 Å². The molecule has 1 atom stereocenters. The summed E-state index contributed by atoms with van der Waals surface area (Å²) in [5.41, 5.74) is 6.48. The van der Waals surface area contributed by atoms with Crippen LogP contribution in [0.4, 0.5) is 0 Å². The van der Waals surface area contributed by atoms with Crippen molar-refractivity contribution in [1.82, 2.24) is 10.3 Å². The Morgan fingerprint density at radius 3 is 2.95 bits per heavy atom. The lowest BCUT2D eigenvalue weighted by Crippen LogP contribution is -2.37. The number of ether oxygens (including phenoxy) is 1. The Morgan fingerprint density at radius 1 is 1.50 bits per heavy atom. The van der Waals surface area contributed by atoms with Gasteiger partial charge >= 0.3 is 0 Å². The highest BCUT2D eigenvalue weighted by Gasteiger charge is 2.15. The Hall–Kier alpha value is -1.62. The van der Waals surface area contributed by atoms with Gasteiger partial charge in [-0.3, -0.25) is 4.79 Å². The van der Waals surface area contributed by atoms with E-state index in [0.29, 0.717) is 12.4 Å². The molecule has 0 radical (unpaired) electrons. The molecule has 1 aliphatic rings. The van der Waals surface area contributed by atoms with Crippen LogP contribution in [0.2, 0.25) is 0 Å². The van der Waals surface area contributed by atoms with Crippen molar-refractivity contribution in [2.75, 3.05) is 0 Å². The Morgan fingerprint density at radius 2 is 2.25 bits per heavy atom. The molecule has 5 heteroatoms. The molecule has 1 saturated carbocycles. The minimum atomic E-state index is -0.491. The van der Waals surface area contributed by atoms with E-state index in [-0.39, 0.29) is 12.0 Å². The largest absolute Gasteiger partial charge is 0.474 e. The first kappa shape index (κ1) is 14.8. The number of nitrogens with two attached hydrogens (primary N) is 1. The van der Waals surface area contributed by atoms with Gasteiger partial charge in [-0.05, 0) is 44.2 Å². The predicted molar refractivity (Wildman–Crippen MR) is 77.2 cm³/mol. The minimum absolute atomic E-state index is 0.156. The molecule has 0 bridgehead atoms. The monoisotopic (exact) mass is 277 g/mol. The highest BCUT2D eigenvalue weighted by molar-refractivity contribution is 5.80. The zero-order valence-corrected chi connectivity index (χ0v) is 12.0. The fourth-order valence-electron chi connectivity index (χ4n) is 2.33. The molecule has 1 fully saturated rings. The molecule has 0 saturated heterocycles. The summed E-state index contributed by atoms with van der Waals surface area (Å²) in [6.45, 7) is 2.11.